The first kappa shape index (κ1) is 21.5. The maximum Gasteiger partial charge on any atom is 0.258 e. The van der Waals surface area contributed by atoms with Crippen molar-refractivity contribution in [2.24, 2.45) is 0 Å². The van der Waals surface area contributed by atoms with Crippen molar-refractivity contribution >= 4 is 49.2 Å². The first-order valence-corrected chi connectivity index (χ1v) is 12.3. The lowest BCUT2D eigenvalue weighted by molar-refractivity contribution is 0.102. The van der Waals surface area contributed by atoms with E-state index in [1.54, 1.807) is 0 Å². The van der Waals surface area contributed by atoms with Gasteiger partial charge in [0.1, 0.15) is 0 Å². The van der Waals surface area contributed by atoms with E-state index in [1.807, 2.05) is 60.0 Å². The molecule has 5 rings (SSSR count). The number of aryl methyl sites for hydroxylation is 1. The number of anilines is 1. The van der Waals surface area contributed by atoms with Crippen LogP contribution in [0.1, 0.15) is 22.8 Å². The van der Waals surface area contributed by atoms with Gasteiger partial charge in [0.05, 0.1) is 22.5 Å². The Labute approximate surface area is 204 Å². The van der Waals surface area contributed by atoms with Crippen LogP contribution in [0.5, 0.6) is 0 Å². The predicted molar refractivity (Wildman–Crippen MR) is 140 cm³/mol. The fourth-order valence-corrected chi connectivity index (χ4v) is 4.65. The van der Waals surface area contributed by atoms with Crippen LogP contribution in [-0.2, 0) is 6.42 Å². The van der Waals surface area contributed by atoms with Gasteiger partial charge in [0.15, 0.2) is 5.13 Å². The lowest BCUT2D eigenvalue weighted by atomic mass is 10.0. The van der Waals surface area contributed by atoms with E-state index in [2.05, 4.69) is 57.4 Å². The van der Waals surface area contributed by atoms with Crippen molar-refractivity contribution in [3.63, 3.8) is 0 Å². The highest BCUT2D eigenvalue weighted by atomic mass is 79.9. The second-order valence-corrected chi connectivity index (χ2v) is 9.40. The molecule has 0 aliphatic heterocycles. The number of para-hydroxylation sites is 1. The molecule has 0 fully saturated rings. The number of fused-ring (bicyclic) bond motifs is 1. The third-order valence-corrected chi connectivity index (χ3v) is 6.77. The summed E-state index contributed by atoms with van der Waals surface area (Å²) in [4.78, 5) is 22.7. The summed E-state index contributed by atoms with van der Waals surface area (Å²) >= 11 is 4.86. The van der Waals surface area contributed by atoms with Gasteiger partial charge in [-0.25, -0.2) is 9.97 Å². The Hall–Kier alpha value is -3.35. The van der Waals surface area contributed by atoms with E-state index in [0.29, 0.717) is 10.7 Å². The minimum absolute atomic E-state index is 0.197. The number of amides is 1. The molecule has 6 heteroatoms. The van der Waals surface area contributed by atoms with Crippen molar-refractivity contribution in [3.05, 3.63) is 99.8 Å². The molecule has 4 nitrogen and oxygen atoms in total. The predicted octanol–water partition coefficient (Wildman–Crippen LogP) is 7.60. The van der Waals surface area contributed by atoms with Gasteiger partial charge in [-0.1, -0.05) is 77.5 Å². The third kappa shape index (κ3) is 4.58. The molecule has 162 valence electrons. The number of carbonyl (C=O) groups is 1. The molecule has 3 aromatic carbocycles. The molecule has 2 aromatic heterocycles. The van der Waals surface area contributed by atoms with Crippen molar-refractivity contribution < 1.29 is 4.79 Å². The van der Waals surface area contributed by atoms with Gasteiger partial charge in [-0.05, 0) is 36.2 Å². The molecule has 0 aliphatic carbocycles. The third-order valence-electron chi connectivity index (χ3n) is 5.48. The first-order chi connectivity index (χ1) is 16.1. The van der Waals surface area contributed by atoms with Crippen molar-refractivity contribution in [2.45, 2.75) is 13.3 Å². The van der Waals surface area contributed by atoms with E-state index in [-0.39, 0.29) is 5.91 Å². The molecule has 0 spiro atoms. The highest BCUT2D eigenvalue weighted by Crippen LogP contribution is 2.29. The van der Waals surface area contributed by atoms with E-state index < -0.39 is 0 Å². The number of carbonyl (C=O) groups excluding carboxylic acids is 1. The molecule has 33 heavy (non-hydrogen) atoms. The number of pyridine rings is 1. The lowest BCUT2D eigenvalue weighted by Gasteiger charge is -2.10. The van der Waals surface area contributed by atoms with Gasteiger partial charge in [-0.15, -0.1) is 11.3 Å². The fraction of sp³-hybridized carbons (Fsp3) is 0.0741. The van der Waals surface area contributed by atoms with Gasteiger partial charge < -0.3 is 0 Å². The minimum atomic E-state index is -0.197. The fourth-order valence-electron chi connectivity index (χ4n) is 3.67. The minimum Gasteiger partial charge on any atom is -0.298 e. The number of benzene rings is 3. The van der Waals surface area contributed by atoms with Crippen LogP contribution in [0.4, 0.5) is 5.13 Å². The Morgan fingerprint density at radius 2 is 1.61 bits per heavy atom. The normalized spacial score (nSPS) is 11.0. The molecule has 0 saturated carbocycles. The molecule has 0 unspecified atom stereocenters. The standard InChI is InChI=1S/C27H20BrN3OS/c1-2-17-7-9-18(10-8-17)24-15-22(21-5-3-4-6-23(21)29-24)26(32)31-27-30-25(16-33-27)19-11-13-20(28)14-12-19/h3-16H,2H2,1H3,(H,30,31,32). The summed E-state index contributed by atoms with van der Waals surface area (Å²) < 4.78 is 1.01. The highest BCUT2D eigenvalue weighted by molar-refractivity contribution is 9.10. The average Bonchev–Trinajstić information content (AvgIpc) is 3.32. The Balaban J connectivity index is 1.48. The maximum atomic E-state index is 13.3. The topological polar surface area (TPSA) is 54.9 Å². The van der Waals surface area contributed by atoms with Crippen LogP contribution in [0.3, 0.4) is 0 Å². The Morgan fingerprint density at radius 3 is 2.36 bits per heavy atom. The molecular formula is C27H20BrN3OS. The molecular weight excluding hydrogens is 494 g/mol. The van der Waals surface area contributed by atoms with E-state index in [4.69, 9.17) is 4.98 Å². The number of nitrogens with one attached hydrogen (secondary N) is 1. The van der Waals surface area contributed by atoms with Crippen LogP contribution in [0.15, 0.2) is 88.7 Å². The van der Waals surface area contributed by atoms with Crippen LogP contribution in [0, 0.1) is 0 Å². The summed E-state index contributed by atoms with van der Waals surface area (Å²) in [5.74, 6) is -0.197. The maximum absolute atomic E-state index is 13.3. The molecule has 0 bridgehead atoms. The van der Waals surface area contributed by atoms with Gasteiger partial charge in [-0.3, -0.25) is 10.1 Å². The van der Waals surface area contributed by atoms with Crippen LogP contribution >= 0.6 is 27.3 Å². The molecule has 5 aromatic rings. The summed E-state index contributed by atoms with van der Waals surface area (Å²) in [7, 11) is 0. The molecule has 0 atom stereocenters. The average molecular weight is 514 g/mol. The smallest absolute Gasteiger partial charge is 0.258 e. The van der Waals surface area contributed by atoms with Gasteiger partial charge in [0.25, 0.3) is 5.91 Å². The molecule has 1 amide bonds. The Kier molecular flexibility index (Phi) is 6.03. The summed E-state index contributed by atoms with van der Waals surface area (Å²) in [5, 5.41) is 6.31. The van der Waals surface area contributed by atoms with E-state index in [9.17, 15) is 4.79 Å². The molecule has 1 N–H and O–H groups in total. The van der Waals surface area contributed by atoms with Crippen LogP contribution in [0.25, 0.3) is 33.4 Å². The van der Waals surface area contributed by atoms with Crippen molar-refractivity contribution in [1.29, 1.82) is 0 Å². The summed E-state index contributed by atoms with van der Waals surface area (Å²) in [6.07, 6.45) is 0.981. The van der Waals surface area contributed by atoms with Crippen LogP contribution in [0.2, 0.25) is 0 Å². The number of aromatic nitrogens is 2. The zero-order chi connectivity index (χ0) is 22.8. The van der Waals surface area contributed by atoms with Crippen molar-refractivity contribution in [1.82, 2.24) is 9.97 Å². The van der Waals surface area contributed by atoms with E-state index in [0.717, 1.165) is 44.3 Å². The van der Waals surface area contributed by atoms with Crippen molar-refractivity contribution in [3.8, 4) is 22.5 Å². The number of nitrogens with zero attached hydrogens (tertiary/aromatic N) is 2. The Morgan fingerprint density at radius 1 is 0.909 bits per heavy atom. The van der Waals surface area contributed by atoms with Gasteiger partial charge in [0.2, 0.25) is 0 Å². The number of halogens is 1. The lowest BCUT2D eigenvalue weighted by Crippen LogP contribution is -2.13. The molecule has 2 heterocycles. The number of hydrogen-bond acceptors (Lipinski definition) is 4. The monoisotopic (exact) mass is 513 g/mol. The number of hydrogen-bond donors (Lipinski definition) is 1. The quantitative estimate of drug-likeness (QED) is 0.263. The summed E-state index contributed by atoms with van der Waals surface area (Å²) in [6, 6.07) is 25.9. The number of thiazole rings is 1. The second kappa shape index (κ2) is 9.25. The SMILES string of the molecule is CCc1ccc(-c2cc(C(=O)Nc3nc(-c4ccc(Br)cc4)cs3)c3ccccc3n2)cc1. The second-order valence-electron chi connectivity index (χ2n) is 7.62. The first-order valence-electron chi connectivity index (χ1n) is 10.6. The Bertz CT molecular complexity index is 1440. The van der Waals surface area contributed by atoms with Gasteiger partial charge >= 0.3 is 0 Å². The molecule has 0 aliphatic rings. The van der Waals surface area contributed by atoms with E-state index >= 15 is 0 Å². The van der Waals surface area contributed by atoms with Crippen LogP contribution in [-0.4, -0.2) is 15.9 Å². The summed E-state index contributed by atoms with van der Waals surface area (Å²) in [5.41, 5.74) is 6.23. The summed E-state index contributed by atoms with van der Waals surface area (Å²) in [6.45, 7) is 2.13. The zero-order valence-corrected chi connectivity index (χ0v) is 20.3. The largest absolute Gasteiger partial charge is 0.298 e. The highest BCUT2D eigenvalue weighted by Gasteiger charge is 2.16. The van der Waals surface area contributed by atoms with Crippen molar-refractivity contribution in [2.75, 3.05) is 5.32 Å². The molecule has 0 radical (unpaired) electrons. The zero-order valence-electron chi connectivity index (χ0n) is 17.9. The molecule has 0 saturated heterocycles. The number of rotatable bonds is 5. The van der Waals surface area contributed by atoms with Gasteiger partial charge in [0, 0.05) is 26.4 Å². The van der Waals surface area contributed by atoms with Crippen LogP contribution < -0.4 is 5.32 Å². The van der Waals surface area contributed by atoms with E-state index in [1.165, 1.54) is 16.9 Å². The van der Waals surface area contributed by atoms with Gasteiger partial charge in [-0.2, -0.15) is 0 Å².